The van der Waals surface area contributed by atoms with Crippen LogP contribution < -0.4 is 0 Å². The highest BCUT2D eigenvalue weighted by molar-refractivity contribution is 5.16. The van der Waals surface area contributed by atoms with Crippen molar-refractivity contribution in [2.45, 2.75) is 19.2 Å². The van der Waals surface area contributed by atoms with E-state index in [1.807, 2.05) is 19.3 Å². The van der Waals surface area contributed by atoms with E-state index in [4.69, 9.17) is 4.74 Å². The fraction of sp³-hybridized carbons (Fsp3) is 0.368. The van der Waals surface area contributed by atoms with E-state index in [0.29, 0.717) is 26.2 Å². The van der Waals surface area contributed by atoms with Gasteiger partial charge in [-0.3, -0.25) is 4.90 Å². The second kappa shape index (κ2) is 9.37. The molecule has 0 aliphatic rings. The molecule has 1 N–H and O–H groups in total. The smallest absolute Gasteiger partial charge is 0.123 e. The Kier molecular flexibility index (Phi) is 7.18. The number of nitrogens with zero attached hydrogens (tertiary/aromatic N) is 2. The summed E-state index contributed by atoms with van der Waals surface area (Å²) < 4.78 is 20.5. The first-order chi connectivity index (χ1) is 11.6. The number of halogens is 1. The monoisotopic (exact) mass is 332 g/mol. The van der Waals surface area contributed by atoms with E-state index >= 15 is 0 Å². The molecule has 0 radical (unpaired) electrons. The summed E-state index contributed by atoms with van der Waals surface area (Å²) in [5.74, 6) is -0.245. The van der Waals surface area contributed by atoms with Crippen LogP contribution in [0.2, 0.25) is 0 Å². The van der Waals surface area contributed by atoms with Crippen LogP contribution in [0.3, 0.4) is 0 Å². The van der Waals surface area contributed by atoms with E-state index < -0.39 is 6.10 Å². The lowest BCUT2D eigenvalue weighted by Gasteiger charge is -2.25. The molecule has 5 heteroatoms. The highest BCUT2D eigenvalue weighted by Gasteiger charge is 2.14. The van der Waals surface area contributed by atoms with Crippen LogP contribution >= 0.6 is 0 Å². The largest absolute Gasteiger partial charge is 0.389 e. The molecule has 130 valence electrons. The van der Waals surface area contributed by atoms with Crippen LogP contribution in [0.1, 0.15) is 11.3 Å². The Hall–Kier alpha value is -1.95. The molecule has 1 unspecified atom stereocenters. The molecule has 0 bridgehead atoms. The number of rotatable bonds is 10. The average Bonchev–Trinajstić information content (AvgIpc) is 2.95. The summed E-state index contributed by atoms with van der Waals surface area (Å²) in [5, 5.41) is 10.2. The molecule has 1 aromatic heterocycles. The van der Waals surface area contributed by atoms with Gasteiger partial charge in [-0.2, -0.15) is 0 Å². The summed E-state index contributed by atoms with van der Waals surface area (Å²) >= 11 is 0. The molecule has 24 heavy (non-hydrogen) atoms. The minimum atomic E-state index is -0.592. The van der Waals surface area contributed by atoms with Crippen LogP contribution in [0, 0.1) is 5.82 Å². The van der Waals surface area contributed by atoms with Gasteiger partial charge in [0, 0.05) is 38.6 Å². The maximum atomic E-state index is 13.1. The average molecular weight is 332 g/mol. The first kappa shape index (κ1) is 18.4. The molecule has 0 fully saturated rings. The van der Waals surface area contributed by atoms with Crippen LogP contribution in [0.15, 0.2) is 55.3 Å². The Morgan fingerprint density at radius 2 is 2.04 bits per heavy atom. The van der Waals surface area contributed by atoms with E-state index in [1.165, 1.54) is 12.1 Å². The van der Waals surface area contributed by atoms with Crippen molar-refractivity contribution in [1.29, 1.82) is 0 Å². The normalized spacial score (nSPS) is 12.5. The molecule has 2 aromatic rings. The van der Waals surface area contributed by atoms with Crippen molar-refractivity contribution >= 4 is 0 Å². The first-order valence-electron chi connectivity index (χ1n) is 8.02. The third kappa shape index (κ3) is 5.92. The fourth-order valence-electron chi connectivity index (χ4n) is 2.56. The van der Waals surface area contributed by atoms with Crippen molar-refractivity contribution < 1.29 is 14.2 Å². The summed E-state index contributed by atoms with van der Waals surface area (Å²) in [7, 11) is 2.00. The highest BCUT2D eigenvalue weighted by Crippen LogP contribution is 2.12. The Labute approximate surface area is 142 Å². The minimum Gasteiger partial charge on any atom is -0.389 e. The third-order valence-electron chi connectivity index (χ3n) is 3.77. The maximum Gasteiger partial charge on any atom is 0.123 e. The number of aryl methyl sites for hydroxylation is 1. The zero-order chi connectivity index (χ0) is 17.4. The standard InChI is InChI=1S/C19H25FN2O2/c1-3-11-24-15-19(23)14-22(13-18-5-4-10-21(18)2)12-16-6-8-17(20)9-7-16/h3-10,19,23H,1,11-15H2,2H3. The van der Waals surface area contributed by atoms with Crippen LogP contribution in [-0.2, 0) is 24.9 Å². The molecule has 0 saturated carbocycles. The van der Waals surface area contributed by atoms with Gasteiger partial charge in [0.2, 0.25) is 0 Å². The molecule has 1 aromatic carbocycles. The molecule has 0 aliphatic heterocycles. The minimum absolute atomic E-state index is 0.245. The lowest BCUT2D eigenvalue weighted by atomic mass is 10.2. The number of ether oxygens (including phenoxy) is 1. The van der Waals surface area contributed by atoms with E-state index in [0.717, 1.165) is 11.3 Å². The molecule has 1 atom stereocenters. The van der Waals surface area contributed by atoms with E-state index in [9.17, 15) is 9.50 Å². The summed E-state index contributed by atoms with van der Waals surface area (Å²) in [6.45, 7) is 6.07. The predicted molar refractivity (Wildman–Crippen MR) is 92.9 cm³/mol. The van der Waals surface area contributed by atoms with Crippen LogP contribution in [0.5, 0.6) is 0 Å². The van der Waals surface area contributed by atoms with Gasteiger partial charge in [0.15, 0.2) is 0 Å². The first-order valence-corrected chi connectivity index (χ1v) is 8.02. The Morgan fingerprint density at radius 3 is 2.67 bits per heavy atom. The van der Waals surface area contributed by atoms with Crippen molar-refractivity contribution in [1.82, 2.24) is 9.47 Å². The summed E-state index contributed by atoms with van der Waals surface area (Å²) in [6.07, 6.45) is 3.06. The van der Waals surface area contributed by atoms with Gasteiger partial charge in [0.05, 0.1) is 19.3 Å². The van der Waals surface area contributed by atoms with Crippen molar-refractivity contribution in [3.05, 3.63) is 72.3 Å². The summed E-state index contributed by atoms with van der Waals surface area (Å²) in [4.78, 5) is 2.13. The van der Waals surface area contributed by atoms with Crippen LogP contribution in [0.4, 0.5) is 4.39 Å². The second-order valence-electron chi connectivity index (χ2n) is 5.89. The molecular formula is C19H25FN2O2. The van der Waals surface area contributed by atoms with Gasteiger partial charge >= 0.3 is 0 Å². The Balaban J connectivity index is 2.01. The Morgan fingerprint density at radius 1 is 1.29 bits per heavy atom. The highest BCUT2D eigenvalue weighted by atomic mass is 19.1. The quantitative estimate of drug-likeness (QED) is 0.537. The second-order valence-corrected chi connectivity index (χ2v) is 5.89. The lowest BCUT2D eigenvalue weighted by molar-refractivity contribution is 0.0224. The number of aliphatic hydroxyl groups is 1. The SMILES string of the molecule is C=CCOCC(O)CN(Cc1ccc(F)cc1)Cc1cccn1C. The van der Waals surface area contributed by atoms with Crippen molar-refractivity contribution in [2.75, 3.05) is 19.8 Å². The van der Waals surface area contributed by atoms with Gasteiger partial charge in [0.1, 0.15) is 5.82 Å². The van der Waals surface area contributed by atoms with E-state index in [-0.39, 0.29) is 12.4 Å². The molecule has 0 saturated heterocycles. The zero-order valence-electron chi connectivity index (χ0n) is 14.1. The van der Waals surface area contributed by atoms with Gasteiger partial charge < -0.3 is 14.4 Å². The molecule has 2 rings (SSSR count). The van der Waals surface area contributed by atoms with Gasteiger partial charge in [-0.15, -0.1) is 6.58 Å². The molecule has 0 spiro atoms. The molecule has 0 aliphatic carbocycles. The molecule has 4 nitrogen and oxygen atoms in total. The van der Waals surface area contributed by atoms with Gasteiger partial charge in [-0.05, 0) is 29.8 Å². The van der Waals surface area contributed by atoms with Gasteiger partial charge in [-0.25, -0.2) is 4.39 Å². The van der Waals surface area contributed by atoms with E-state index in [2.05, 4.69) is 22.1 Å². The summed E-state index contributed by atoms with van der Waals surface area (Å²) in [5.41, 5.74) is 2.15. The third-order valence-corrected chi connectivity index (χ3v) is 3.77. The van der Waals surface area contributed by atoms with Crippen molar-refractivity contribution in [3.8, 4) is 0 Å². The number of aromatic nitrogens is 1. The van der Waals surface area contributed by atoms with Gasteiger partial charge in [0.25, 0.3) is 0 Å². The number of benzene rings is 1. The Bertz CT molecular complexity index is 625. The van der Waals surface area contributed by atoms with E-state index in [1.54, 1.807) is 18.2 Å². The van der Waals surface area contributed by atoms with Crippen LogP contribution in [0.25, 0.3) is 0 Å². The molecule has 1 heterocycles. The summed E-state index contributed by atoms with van der Waals surface area (Å²) in [6, 6.07) is 10.5. The topological polar surface area (TPSA) is 37.6 Å². The van der Waals surface area contributed by atoms with Crippen molar-refractivity contribution in [2.24, 2.45) is 7.05 Å². The molecule has 0 amide bonds. The van der Waals surface area contributed by atoms with Gasteiger partial charge in [-0.1, -0.05) is 18.2 Å². The maximum absolute atomic E-state index is 13.1. The van der Waals surface area contributed by atoms with Crippen LogP contribution in [-0.4, -0.2) is 40.4 Å². The lowest BCUT2D eigenvalue weighted by Crippen LogP contribution is -2.34. The number of aliphatic hydroxyl groups excluding tert-OH is 1. The number of hydrogen-bond acceptors (Lipinski definition) is 3. The zero-order valence-corrected chi connectivity index (χ0v) is 14.1. The fourth-order valence-corrected chi connectivity index (χ4v) is 2.56. The van der Waals surface area contributed by atoms with Crippen molar-refractivity contribution in [3.63, 3.8) is 0 Å². The molecular weight excluding hydrogens is 307 g/mol. The number of hydrogen-bond donors (Lipinski definition) is 1. The predicted octanol–water partition coefficient (Wildman–Crippen LogP) is 2.73.